The second-order valence-corrected chi connectivity index (χ2v) is 4.32. The van der Waals surface area contributed by atoms with Crippen molar-refractivity contribution in [2.24, 2.45) is 11.7 Å². The second kappa shape index (κ2) is 5.87. The van der Waals surface area contributed by atoms with Crippen LogP contribution in [0.25, 0.3) is 0 Å². The van der Waals surface area contributed by atoms with Gasteiger partial charge in [-0.1, -0.05) is 0 Å². The van der Waals surface area contributed by atoms with Crippen molar-refractivity contribution in [2.75, 3.05) is 13.2 Å². The number of nitrogens with two attached hydrogens (primary N) is 1. The van der Waals surface area contributed by atoms with Crippen LogP contribution in [0.4, 0.5) is 0 Å². The van der Waals surface area contributed by atoms with Gasteiger partial charge < -0.3 is 15.2 Å². The Morgan fingerprint density at radius 2 is 2.35 bits per heavy atom. The first kappa shape index (κ1) is 12.2. The van der Waals surface area contributed by atoms with E-state index in [2.05, 4.69) is 4.98 Å². The zero-order valence-corrected chi connectivity index (χ0v) is 10.3. The molecule has 4 nitrogen and oxygen atoms in total. The molecule has 0 spiro atoms. The van der Waals surface area contributed by atoms with Gasteiger partial charge in [0.05, 0.1) is 6.61 Å². The number of hydrogen-bond donors (Lipinski definition) is 1. The van der Waals surface area contributed by atoms with E-state index in [1.807, 2.05) is 19.1 Å². The van der Waals surface area contributed by atoms with E-state index in [1.165, 1.54) is 6.42 Å². The summed E-state index contributed by atoms with van der Waals surface area (Å²) in [5, 5.41) is 0. The topological polar surface area (TPSA) is 57.4 Å². The molecule has 1 aliphatic rings. The largest absolute Gasteiger partial charge is 0.488 e. The molecule has 0 bridgehead atoms. The molecule has 1 saturated carbocycles. The summed E-state index contributed by atoms with van der Waals surface area (Å²) in [7, 11) is 0. The lowest BCUT2D eigenvalue weighted by molar-refractivity contribution is 0.147. The normalized spacial score (nSPS) is 23.6. The van der Waals surface area contributed by atoms with E-state index in [1.54, 1.807) is 6.20 Å². The molecule has 1 heterocycles. The van der Waals surface area contributed by atoms with E-state index in [0.717, 1.165) is 18.6 Å². The smallest absolute Gasteiger partial charge is 0.257 e. The highest BCUT2D eigenvalue weighted by molar-refractivity contribution is 5.32. The highest BCUT2D eigenvalue weighted by Crippen LogP contribution is 2.32. The molecule has 2 N–H and O–H groups in total. The van der Waals surface area contributed by atoms with Crippen LogP contribution in [0.2, 0.25) is 0 Å². The molecule has 94 valence electrons. The fourth-order valence-corrected chi connectivity index (χ4v) is 2.30. The summed E-state index contributed by atoms with van der Waals surface area (Å²) in [5.41, 5.74) is 5.74. The third-order valence-corrected chi connectivity index (χ3v) is 3.19. The van der Waals surface area contributed by atoms with E-state index >= 15 is 0 Å². The molecule has 0 radical (unpaired) electrons. The maximum absolute atomic E-state index is 5.95. The molecule has 0 saturated heterocycles. The van der Waals surface area contributed by atoms with E-state index in [9.17, 15) is 0 Å². The van der Waals surface area contributed by atoms with E-state index < -0.39 is 0 Å². The fourth-order valence-electron chi connectivity index (χ4n) is 2.30. The van der Waals surface area contributed by atoms with Crippen LogP contribution in [0.15, 0.2) is 18.3 Å². The molecule has 1 fully saturated rings. The first-order chi connectivity index (χ1) is 8.35. The number of rotatable bonds is 5. The number of nitrogens with zero attached hydrogens (tertiary/aromatic N) is 1. The van der Waals surface area contributed by atoms with Gasteiger partial charge >= 0.3 is 0 Å². The number of hydrogen-bond acceptors (Lipinski definition) is 4. The second-order valence-electron chi connectivity index (χ2n) is 4.32. The first-order valence-electron chi connectivity index (χ1n) is 6.29. The van der Waals surface area contributed by atoms with Crippen molar-refractivity contribution in [3.05, 3.63) is 18.3 Å². The van der Waals surface area contributed by atoms with Gasteiger partial charge in [0.25, 0.3) is 5.88 Å². The Morgan fingerprint density at radius 1 is 1.47 bits per heavy atom. The van der Waals surface area contributed by atoms with Gasteiger partial charge in [-0.3, -0.25) is 0 Å². The molecule has 1 aliphatic carbocycles. The van der Waals surface area contributed by atoms with Gasteiger partial charge in [0.15, 0.2) is 5.75 Å². The zero-order valence-electron chi connectivity index (χ0n) is 10.3. The zero-order chi connectivity index (χ0) is 12.1. The van der Waals surface area contributed by atoms with Crippen molar-refractivity contribution in [1.29, 1.82) is 0 Å². The van der Waals surface area contributed by atoms with Crippen LogP contribution in [-0.4, -0.2) is 24.2 Å². The lowest BCUT2D eigenvalue weighted by atomic mass is 10.1. The Balaban J connectivity index is 2.07. The van der Waals surface area contributed by atoms with Crippen molar-refractivity contribution in [3.8, 4) is 11.6 Å². The highest BCUT2D eigenvalue weighted by atomic mass is 16.5. The summed E-state index contributed by atoms with van der Waals surface area (Å²) in [4.78, 5) is 4.24. The minimum atomic E-state index is 0.189. The quantitative estimate of drug-likeness (QED) is 0.849. The van der Waals surface area contributed by atoms with Crippen molar-refractivity contribution >= 4 is 0 Å². The first-order valence-corrected chi connectivity index (χ1v) is 6.29. The predicted octanol–water partition coefficient (Wildman–Crippen LogP) is 1.99. The van der Waals surface area contributed by atoms with E-state index in [0.29, 0.717) is 24.9 Å². The highest BCUT2D eigenvalue weighted by Gasteiger charge is 2.28. The minimum absolute atomic E-state index is 0.189. The third-order valence-electron chi connectivity index (χ3n) is 3.19. The maximum Gasteiger partial charge on any atom is 0.257 e. The standard InChI is InChI=1S/C13H20N2O2/c1-2-16-12-7-4-8-15-13(12)17-11-6-3-5-10(11)9-14/h4,7-8,10-11H,2-3,5-6,9,14H2,1H3. The van der Waals surface area contributed by atoms with Gasteiger partial charge in [0, 0.05) is 12.1 Å². The van der Waals surface area contributed by atoms with Gasteiger partial charge in [-0.2, -0.15) is 0 Å². The molecule has 0 aliphatic heterocycles. The average Bonchev–Trinajstić information content (AvgIpc) is 2.79. The summed E-state index contributed by atoms with van der Waals surface area (Å²) >= 11 is 0. The molecule has 1 aromatic rings. The molecular weight excluding hydrogens is 216 g/mol. The molecular formula is C13H20N2O2. The molecule has 0 amide bonds. The summed E-state index contributed by atoms with van der Waals surface area (Å²) in [5.74, 6) is 1.77. The molecule has 2 rings (SSSR count). The van der Waals surface area contributed by atoms with Crippen molar-refractivity contribution in [3.63, 3.8) is 0 Å². The Labute approximate surface area is 102 Å². The summed E-state index contributed by atoms with van der Waals surface area (Å²) < 4.78 is 11.4. The third kappa shape index (κ3) is 2.88. The summed E-state index contributed by atoms with van der Waals surface area (Å²) in [6.07, 6.45) is 5.31. The molecule has 17 heavy (non-hydrogen) atoms. The predicted molar refractivity (Wildman–Crippen MR) is 66.2 cm³/mol. The Kier molecular flexibility index (Phi) is 4.20. The molecule has 2 unspecified atom stereocenters. The van der Waals surface area contributed by atoms with Gasteiger partial charge in [0.1, 0.15) is 6.10 Å². The van der Waals surface area contributed by atoms with Crippen molar-refractivity contribution in [2.45, 2.75) is 32.3 Å². The number of pyridine rings is 1. The van der Waals surface area contributed by atoms with E-state index in [4.69, 9.17) is 15.2 Å². The van der Waals surface area contributed by atoms with Gasteiger partial charge in [0.2, 0.25) is 0 Å². The SMILES string of the molecule is CCOc1cccnc1OC1CCCC1CN. The van der Waals surface area contributed by atoms with Crippen molar-refractivity contribution < 1.29 is 9.47 Å². The van der Waals surface area contributed by atoms with Crippen LogP contribution in [-0.2, 0) is 0 Å². The Bertz CT molecular complexity index is 357. The van der Waals surface area contributed by atoms with Crippen LogP contribution < -0.4 is 15.2 Å². The van der Waals surface area contributed by atoms with Gasteiger partial charge in [-0.25, -0.2) is 4.98 Å². The molecule has 0 aromatic carbocycles. The lowest BCUT2D eigenvalue weighted by Crippen LogP contribution is -2.28. The van der Waals surface area contributed by atoms with Crippen LogP contribution in [0.3, 0.4) is 0 Å². The van der Waals surface area contributed by atoms with Crippen LogP contribution in [0.5, 0.6) is 11.6 Å². The summed E-state index contributed by atoms with van der Waals surface area (Å²) in [6.45, 7) is 3.25. The van der Waals surface area contributed by atoms with Crippen LogP contribution in [0.1, 0.15) is 26.2 Å². The number of aromatic nitrogens is 1. The van der Waals surface area contributed by atoms with Crippen LogP contribution in [0, 0.1) is 5.92 Å². The molecule has 2 atom stereocenters. The van der Waals surface area contributed by atoms with Crippen molar-refractivity contribution in [1.82, 2.24) is 4.98 Å². The van der Waals surface area contributed by atoms with Gasteiger partial charge in [-0.15, -0.1) is 0 Å². The lowest BCUT2D eigenvalue weighted by Gasteiger charge is -2.20. The minimum Gasteiger partial charge on any atom is -0.488 e. The van der Waals surface area contributed by atoms with Crippen LogP contribution >= 0.6 is 0 Å². The fraction of sp³-hybridized carbons (Fsp3) is 0.615. The maximum atomic E-state index is 5.95. The number of ether oxygens (including phenoxy) is 2. The Hall–Kier alpha value is -1.29. The molecule has 1 aromatic heterocycles. The monoisotopic (exact) mass is 236 g/mol. The summed E-state index contributed by atoms with van der Waals surface area (Å²) in [6, 6.07) is 3.74. The Morgan fingerprint density at radius 3 is 3.12 bits per heavy atom. The van der Waals surface area contributed by atoms with E-state index in [-0.39, 0.29) is 6.10 Å². The molecule has 4 heteroatoms. The average molecular weight is 236 g/mol. The van der Waals surface area contributed by atoms with Gasteiger partial charge in [-0.05, 0) is 44.9 Å².